The summed E-state index contributed by atoms with van der Waals surface area (Å²) in [5.41, 5.74) is 4.11. The molecule has 0 amide bonds. The maximum absolute atomic E-state index is 4.57. The normalized spacial score (nSPS) is 20.9. The van der Waals surface area contributed by atoms with Crippen molar-refractivity contribution >= 4 is 24.1 Å². The molecule has 0 saturated heterocycles. The van der Waals surface area contributed by atoms with Crippen LogP contribution in [0.3, 0.4) is 0 Å². The van der Waals surface area contributed by atoms with Crippen molar-refractivity contribution in [3.05, 3.63) is 74.9 Å². The Kier molecular flexibility index (Phi) is 3.32. The first kappa shape index (κ1) is 12.0. The Balaban J connectivity index is 2.18. The highest BCUT2D eigenvalue weighted by Gasteiger charge is 2.08. The van der Waals surface area contributed by atoms with Crippen molar-refractivity contribution in [2.24, 2.45) is 9.98 Å². The molecular weight excluding hydrogens is 252 g/mol. The maximum atomic E-state index is 4.57. The average molecular weight is 264 g/mol. The van der Waals surface area contributed by atoms with Crippen LogP contribution in [0.1, 0.15) is 6.42 Å². The summed E-state index contributed by atoms with van der Waals surface area (Å²) < 4.78 is 0. The van der Waals surface area contributed by atoms with Crippen LogP contribution < -0.4 is 10.6 Å². The van der Waals surface area contributed by atoms with Crippen molar-refractivity contribution in [2.45, 2.75) is 6.42 Å². The molecule has 2 aliphatic rings. The number of hydrogen-bond donors (Lipinski definition) is 0. The van der Waals surface area contributed by atoms with Crippen LogP contribution in [0, 0.1) is 0 Å². The largest absolute Gasteiger partial charge is 0.259 e. The lowest BCUT2D eigenvalue weighted by Crippen LogP contribution is -2.23. The molecule has 0 N–H and O–H groups in total. The molecule has 2 aliphatic heterocycles. The number of rotatable bonds is 0. The number of benzene rings is 1. The van der Waals surface area contributed by atoms with E-state index < -0.39 is 0 Å². The Labute approximate surface area is 116 Å². The third-order valence-electron chi connectivity index (χ3n) is 2.82. The molecule has 0 bridgehead atoms. The SMILES string of the molecule is C=C1/N=c2/cccc/c2=C/CC2=C(C=C=CC=N2)S1. The fourth-order valence-electron chi connectivity index (χ4n) is 1.94. The number of para-hydroxylation sites is 1. The lowest BCUT2D eigenvalue weighted by molar-refractivity contribution is 1.20. The smallest absolute Gasteiger partial charge is 0.0943 e. The van der Waals surface area contributed by atoms with Crippen molar-refractivity contribution in [1.29, 1.82) is 0 Å². The second kappa shape index (κ2) is 5.27. The third kappa shape index (κ3) is 2.68. The zero-order valence-corrected chi connectivity index (χ0v) is 11.2. The lowest BCUT2D eigenvalue weighted by atomic mass is 10.2. The molecule has 1 aromatic carbocycles. The van der Waals surface area contributed by atoms with Gasteiger partial charge >= 0.3 is 0 Å². The molecule has 0 fully saturated rings. The van der Waals surface area contributed by atoms with Crippen LogP contribution in [0.5, 0.6) is 0 Å². The fraction of sp³-hybridized carbons (Fsp3) is 0.0625. The van der Waals surface area contributed by atoms with Crippen molar-refractivity contribution in [3.63, 3.8) is 0 Å². The highest BCUT2D eigenvalue weighted by molar-refractivity contribution is 8.06. The van der Waals surface area contributed by atoms with E-state index in [2.05, 4.69) is 34.4 Å². The van der Waals surface area contributed by atoms with Gasteiger partial charge in [-0.1, -0.05) is 42.6 Å². The molecule has 0 aromatic heterocycles. The van der Waals surface area contributed by atoms with Crippen LogP contribution >= 0.6 is 11.8 Å². The first-order chi connectivity index (χ1) is 9.33. The zero-order valence-electron chi connectivity index (χ0n) is 10.3. The summed E-state index contributed by atoms with van der Waals surface area (Å²) >= 11 is 1.54. The van der Waals surface area contributed by atoms with Gasteiger partial charge in [0, 0.05) is 17.5 Å². The van der Waals surface area contributed by atoms with Gasteiger partial charge in [0.15, 0.2) is 0 Å². The Hall–Kier alpha value is -2.09. The molecule has 2 nitrogen and oxygen atoms in total. The first-order valence-corrected chi connectivity index (χ1v) is 6.83. The first-order valence-electron chi connectivity index (χ1n) is 6.02. The molecule has 19 heavy (non-hydrogen) atoms. The van der Waals surface area contributed by atoms with Crippen LogP contribution in [0.2, 0.25) is 0 Å². The van der Waals surface area contributed by atoms with Gasteiger partial charge in [0.1, 0.15) is 0 Å². The molecule has 1 aromatic rings. The van der Waals surface area contributed by atoms with E-state index in [0.29, 0.717) is 0 Å². The van der Waals surface area contributed by atoms with Gasteiger partial charge in [0.05, 0.1) is 16.1 Å². The number of aliphatic imine (C=N–C) groups is 1. The van der Waals surface area contributed by atoms with E-state index in [-0.39, 0.29) is 0 Å². The van der Waals surface area contributed by atoms with Gasteiger partial charge in [-0.05, 0) is 23.4 Å². The second-order valence-corrected chi connectivity index (χ2v) is 5.26. The number of nitrogens with zero attached hydrogens (tertiary/aromatic N) is 2. The number of allylic oxidation sites excluding steroid dienone is 2. The fourth-order valence-corrected chi connectivity index (χ4v) is 2.71. The summed E-state index contributed by atoms with van der Waals surface area (Å²) in [5.74, 6) is 0. The predicted molar refractivity (Wildman–Crippen MR) is 81.2 cm³/mol. The molecule has 3 heteroatoms. The van der Waals surface area contributed by atoms with Gasteiger partial charge in [-0.2, -0.15) is 0 Å². The summed E-state index contributed by atoms with van der Waals surface area (Å²) in [6, 6.07) is 8.08. The molecule has 0 aliphatic carbocycles. The van der Waals surface area contributed by atoms with Gasteiger partial charge in [0.25, 0.3) is 0 Å². The molecule has 0 saturated carbocycles. The van der Waals surface area contributed by atoms with E-state index >= 15 is 0 Å². The topological polar surface area (TPSA) is 24.7 Å². The summed E-state index contributed by atoms with van der Waals surface area (Å²) in [4.78, 5) is 10.1. The Morgan fingerprint density at radius 3 is 3.11 bits per heavy atom. The summed E-state index contributed by atoms with van der Waals surface area (Å²) in [6.45, 7) is 4.02. The molecule has 0 unspecified atom stereocenters. The van der Waals surface area contributed by atoms with E-state index in [1.807, 2.05) is 30.4 Å². The van der Waals surface area contributed by atoms with E-state index in [1.165, 1.54) is 0 Å². The van der Waals surface area contributed by atoms with Crippen molar-refractivity contribution in [1.82, 2.24) is 0 Å². The van der Waals surface area contributed by atoms with Gasteiger partial charge < -0.3 is 0 Å². The second-order valence-electron chi connectivity index (χ2n) is 4.14. The number of thioether (sulfide) groups is 1. The quantitative estimate of drug-likeness (QED) is 0.661. The lowest BCUT2D eigenvalue weighted by Gasteiger charge is -2.03. The Morgan fingerprint density at radius 2 is 2.16 bits per heavy atom. The summed E-state index contributed by atoms with van der Waals surface area (Å²) in [7, 11) is 0. The van der Waals surface area contributed by atoms with Crippen molar-refractivity contribution < 1.29 is 0 Å². The van der Waals surface area contributed by atoms with Gasteiger partial charge in [-0.15, -0.1) is 5.73 Å². The van der Waals surface area contributed by atoms with Crippen molar-refractivity contribution in [2.75, 3.05) is 0 Å². The minimum atomic E-state index is 0.769. The minimum Gasteiger partial charge on any atom is -0.259 e. The van der Waals surface area contributed by atoms with Crippen LogP contribution in [0.15, 0.2) is 74.3 Å². The molecular formula is C16H12N2S. The van der Waals surface area contributed by atoms with Gasteiger partial charge in [0.2, 0.25) is 0 Å². The molecule has 2 heterocycles. The maximum Gasteiger partial charge on any atom is 0.0943 e. The minimum absolute atomic E-state index is 0.769. The predicted octanol–water partition coefficient (Wildman–Crippen LogP) is 2.70. The third-order valence-corrected chi connectivity index (χ3v) is 3.73. The van der Waals surface area contributed by atoms with Crippen LogP contribution in [0.4, 0.5) is 0 Å². The van der Waals surface area contributed by atoms with Crippen molar-refractivity contribution in [3.8, 4) is 0 Å². The number of hydrogen-bond acceptors (Lipinski definition) is 3. The Bertz CT molecular complexity index is 775. The van der Waals surface area contributed by atoms with E-state index in [0.717, 1.165) is 32.6 Å². The van der Waals surface area contributed by atoms with Gasteiger partial charge in [-0.25, -0.2) is 4.99 Å². The average Bonchev–Trinajstić information content (AvgIpc) is 2.59. The van der Waals surface area contributed by atoms with Crippen LogP contribution in [-0.2, 0) is 0 Å². The molecule has 0 atom stereocenters. The molecule has 0 radical (unpaired) electrons. The van der Waals surface area contributed by atoms with Crippen LogP contribution in [0.25, 0.3) is 6.08 Å². The van der Waals surface area contributed by atoms with Gasteiger partial charge in [-0.3, -0.25) is 4.99 Å². The standard InChI is InChI=1S/C16H12N2S/c1-12-18-14-7-3-2-6-13(14)9-10-15-16(19-12)8-4-5-11-17-15/h2-3,5-9,11H,1,10H2/b13-9-,18-14-. The molecule has 3 rings (SSSR count). The van der Waals surface area contributed by atoms with E-state index in [4.69, 9.17) is 0 Å². The number of fused-ring (bicyclic) bond motifs is 1. The van der Waals surface area contributed by atoms with E-state index in [9.17, 15) is 0 Å². The zero-order chi connectivity index (χ0) is 13.1. The Morgan fingerprint density at radius 1 is 1.26 bits per heavy atom. The summed E-state index contributed by atoms with van der Waals surface area (Å²) in [6.07, 6.45) is 8.47. The summed E-state index contributed by atoms with van der Waals surface area (Å²) in [5, 5.41) is 2.85. The molecule has 0 spiro atoms. The van der Waals surface area contributed by atoms with Crippen LogP contribution in [-0.4, -0.2) is 6.21 Å². The highest BCUT2D eigenvalue weighted by atomic mass is 32.2. The molecule has 92 valence electrons. The monoisotopic (exact) mass is 264 g/mol. The highest BCUT2D eigenvalue weighted by Crippen LogP contribution is 2.31. The van der Waals surface area contributed by atoms with E-state index in [1.54, 1.807) is 18.0 Å².